The Hall–Kier alpha value is -1.99. The number of hydrogen-bond acceptors (Lipinski definition) is 5. The molecule has 120 valence electrons. The number of amides is 2. The minimum atomic E-state index is -0.410. The molecular weight excluding hydrogens is 336 g/mol. The van der Waals surface area contributed by atoms with Crippen LogP contribution >= 0.6 is 22.9 Å². The van der Waals surface area contributed by atoms with Crippen LogP contribution in [0, 0.1) is 19.8 Å². The second kappa shape index (κ2) is 6.25. The molecule has 2 aromatic rings. The first-order valence-electron chi connectivity index (χ1n) is 7.11. The van der Waals surface area contributed by atoms with Crippen molar-refractivity contribution < 1.29 is 9.59 Å². The van der Waals surface area contributed by atoms with Crippen LogP contribution in [0.5, 0.6) is 0 Å². The lowest BCUT2D eigenvalue weighted by molar-refractivity contribution is -0.122. The van der Waals surface area contributed by atoms with Gasteiger partial charge in [0.15, 0.2) is 0 Å². The molecule has 1 fully saturated rings. The molecule has 1 aliphatic heterocycles. The first-order valence-corrected chi connectivity index (χ1v) is 8.31. The van der Waals surface area contributed by atoms with Gasteiger partial charge in [0.25, 0.3) is 0 Å². The van der Waals surface area contributed by atoms with Crippen LogP contribution in [-0.2, 0) is 9.59 Å². The van der Waals surface area contributed by atoms with E-state index in [0.29, 0.717) is 22.4 Å². The molecule has 0 radical (unpaired) electrons. The summed E-state index contributed by atoms with van der Waals surface area (Å²) in [6.07, 6.45) is 0.176. The predicted octanol–water partition coefficient (Wildman–Crippen LogP) is 2.80. The molecule has 0 unspecified atom stereocenters. The number of nitrogens with zero attached hydrogens (tertiary/aromatic N) is 3. The van der Waals surface area contributed by atoms with E-state index in [0.717, 1.165) is 10.6 Å². The molecule has 1 atom stereocenters. The fourth-order valence-corrected chi connectivity index (χ4v) is 3.21. The van der Waals surface area contributed by atoms with Gasteiger partial charge in [0.05, 0.1) is 5.92 Å². The molecule has 0 bridgehead atoms. The van der Waals surface area contributed by atoms with Crippen LogP contribution < -0.4 is 10.2 Å². The number of nitrogens with one attached hydrogen (secondary N) is 1. The van der Waals surface area contributed by atoms with E-state index in [-0.39, 0.29) is 18.2 Å². The van der Waals surface area contributed by atoms with Gasteiger partial charge >= 0.3 is 0 Å². The van der Waals surface area contributed by atoms with Crippen molar-refractivity contribution in [3.05, 3.63) is 33.8 Å². The maximum atomic E-state index is 12.3. The molecule has 3 rings (SSSR count). The Bertz CT molecular complexity index is 777. The molecule has 2 heterocycles. The molecule has 0 spiro atoms. The van der Waals surface area contributed by atoms with Crippen molar-refractivity contribution >= 4 is 45.6 Å². The van der Waals surface area contributed by atoms with Gasteiger partial charge in [0.1, 0.15) is 5.01 Å². The van der Waals surface area contributed by atoms with Gasteiger partial charge in [-0.25, -0.2) is 0 Å². The summed E-state index contributed by atoms with van der Waals surface area (Å²) in [5.74, 6) is -0.708. The monoisotopic (exact) mass is 350 g/mol. The standard InChI is InChI=1S/C15H15ClN4O2S/c1-8-3-4-11(6-12(8)16)20-7-10(5-13(20)21)14(22)17-15-19-18-9(2)23-15/h3-4,6,10H,5,7H2,1-2H3,(H,17,19,22)/t10-/m1/s1. The van der Waals surface area contributed by atoms with Crippen LogP contribution in [0.1, 0.15) is 17.0 Å². The molecular formula is C15H15ClN4O2S. The Balaban J connectivity index is 1.71. The summed E-state index contributed by atoms with van der Waals surface area (Å²) in [6.45, 7) is 4.05. The van der Waals surface area contributed by atoms with Crippen LogP contribution in [0.3, 0.4) is 0 Å². The Kier molecular flexibility index (Phi) is 4.32. The number of carbonyl (C=O) groups is 2. The van der Waals surface area contributed by atoms with Crippen LogP contribution in [0.4, 0.5) is 10.8 Å². The van der Waals surface area contributed by atoms with Gasteiger partial charge in [-0.15, -0.1) is 10.2 Å². The maximum absolute atomic E-state index is 12.3. The quantitative estimate of drug-likeness (QED) is 0.923. The highest BCUT2D eigenvalue weighted by Gasteiger charge is 2.35. The third kappa shape index (κ3) is 3.35. The zero-order valence-electron chi connectivity index (χ0n) is 12.7. The second-order valence-corrected chi connectivity index (χ2v) is 7.04. The molecule has 0 saturated carbocycles. The van der Waals surface area contributed by atoms with Gasteiger partial charge in [-0.05, 0) is 31.5 Å². The fourth-order valence-electron chi connectivity index (χ4n) is 2.44. The Morgan fingerprint density at radius 3 is 2.83 bits per heavy atom. The maximum Gasteiger partial charge on any atom is 0.231 e. The van der Waals surface area contributed by atoms with Crippen molar-refractivity contribution in [1.82, 2.24) is 10.2 Å². The van der Waals surface area contributed by atoms with Crippen molar-refractivity contribution in [3.63, 3.8) is 0 Å². The number of halogens is 1. The van der Waals surface area contributed by atoms with E-state index in [1.807, 2.05) is 26.0 Å². The number of hydrogen-bond donors (Lipinski definition) is 1. The fraction of sp³-hybridized carbons (Fsp3) is 0.333. The van der Waals surface area contributed by atoms with Crippen LogP contribution in [0.15, 0.2) is 18.2 Å². The molecule has 2 amide bonds. The first-order chi connectivity index (χ1) is 10.9. The zero-order chi connectivity index (χ0) is 16.6. The van der Waals surface area contributed by atoms with E-state index in [4.69, 9.17) is 11.6 Å². The van der Waals surface area contributed by atoms with Crippen molar-refractivity contribution in [1.29, 1.82) is 0 Å². The Morgan fingerprint density at radius 2 is 2.17 bits per heavy atom. The molecule has 1 aromatic heterocycles. The van der Waals surface area contributed by atoms with Crippen LogP contribution in [-0.4, -0.2) is 28.6 Å². The van der Waals surface area contributed by atoms with E-state index in [1.54, 1.807) is 11.0 Å². The van der Waals surface area contributed by atoms with E-state index < -0.39 is 5.92 Å². The third-order valence-corrected chi connectivity index (χ3v) is 4.88. The van der Waals surface area contributed by atoms with Gasteiger partial charge in [0, 0.05) is 23.7 Å². The van der Waals surface area contributed by atoms with Gasteiger partial charge < -0.3 is 10.2 Å². The summed E-state index contributed by atoms with van der Waals surface area (Å²) >= 11 is 7.42. The number of carbonyl (C=O) groups excluding carboxylic acids is 2. The van der Waals surface area contributed by atoms with Crippen LogP contribution in [0.25, 0.3) is 0 Å². The number of aromatic nitrogens is 2. The SMILES string of the molecule is Cc1nnc(NC(=O)[C@@H]2CC(=O)N(c3ccc(C)c(Cl)c3)C2)s1. The average molecular weight is 351 g/mol. The van der Waals surface area contributed by atoms with E-state index in [1.165, 1.54) is 11.3 Å². The lowest BCUT2D eigenvalue weighted by atomic mass is 10.1. The second-order valence-electron chi connectivity index (χ2n) is 5.45. The highest BCUT2D eigenvalue weighted by molar-refractivity contribution is 7.15. The van der Waals surface area contributed by atoms with Crippen LogP contribution in [0.2, 0.25) is 5.02 Å². The van der Waals surface area contributed by atoms with E-state index in [9.17, 15) is 9.59 Å². The first kappa shape index (κ1) is 15.9. The Labute approximate surface area is 142 Å². The predicted molar refractivity (Wildman–Crippen MR) is 89.9 cm³/mol. The summed E-state index contributed by atoms with van der Waals surface area (Å²) in [6, 6.07) is 5.46. The topological polar surface area (TPSA) is 75.2 Å². The molecule has 1 aromatic carbocycles. The summed E-state index contributed by atoms with van der Waals surface area (Å²) < 4.78 is 0. The Morgan fingerprint density at radius 1 is 1.39 bits per heavy atom. The highest BCUT2D eigenvalue weighted by Crippen LogP contribution is 2.29. The van der Waals surface area contributed by atoms with Crippen molar-refractivity contribution in [3.8, 4) is 0 Å². The van der Waals surface area contributed by atoms with E-state index in [2.05, 4.69) is 15.5 Å². The van der Waals surface area contributed by atoms with Gasteiger partial charge in [-0.3, -0.25) is 9.59 Å². The van der Waals surface area contributed by atoms with Gasteiger partial charge in [-0.1, -0.05) is 29.0 Å². The third-order valence-electron chi connectivity index (χ3n) is 3.72. The molecule has 8 heteroatoms. The van der Waals surface area contributed by atoms with Gasteiger partial charge in [-0.2, -0.15) is 0 Å². The number of aryl methyl sites for hydroxylation is 2. The minimum Gasteiger partial charge on any atom is -0.312 e. The summed E-state index contributed by atoms with van der Waals surface area (Å²) in [5.41, 5.74) is 1.66. The summed E-state index contributed by atoms with van der Waals surface area (Å²) in [7, 11) is 0. The molecule has 23 heavy (non-hydrogen) atoms. The molecule has 0 aliphatic carbocycles. The molecule has 1 saturated heterocycles. The molecule has 6 nitrogen and oxygen atoms in total. The molecule has 1 aliphatic rings. The number of benzene rings is 1. The van der Waals surface area contributed by atoms with E-state index >= 15 is 0 Å². The zero-order valence-corrected chi connectivity index (χ0v) is 14.2. The lowest BCUT2D eigenvalue weighted by Gasteiger charge is -2.17. The number of rotatable bonds is 3. The highest BCUT2D eigenvalue weighted by atomic mass is 35.5. The lowest BCUT2D eigenvalue weighted by Crippen LogP contribution is -2.28. The average Bonchev–Trinajstić information content (AvgIpc) is 3.08. The summed E-state index contributed by atoms with van der Waals surface area (Å²) in [5, 5.41) is 12.3. The van der Waals surface area contributed by atoms with Crippen molar-refractivity contribution in [2.75, 3.05) is 16.8 Å². The summed E-state index contributed by atoms with van der Waals surface area (Å²) in [4.78, 5) is 26.1. The smallest absolute Gasteiger partial charge is 0.231 e. The normalized spacial score (nSPS) is 17.6. The minimum absolute atomic E-state index is 0.0847. The largest absolute Gasteiger partial charge is 0.312 e. The molecule has 1 N–H and O–H groups in total. The van der Waals surface area contributed by atoms with Gasteiger partial charge in [0.2, 0.25) is 16.9 Å². The number of anilines is 2. The van der Waals surface area contributed by atoms with Crippen molar-refractivity contribution in [2.24, 2.45) is 5.92 Å². The van der Waals surface area contributed by atoms with Crippen molar-refractivity contribution in [2.45, 2.75) is 20.3 Å².